The first-order valence-corrected chi connectivity index (χ1v) is 15.9. The van der Waals surface area contributed by atoms with Crippen LogP contribution in [0, 0.1) is 13.8 Å². The van der Waals surface area contributed by atoms with E-state index in [0.29, 0.717) is 43.0 Å². The van der Waals surface area contributed by atoms with Crippen molar-refractivity contribution < 1.29 is 0 Å². The van der Waals surface area contributed by atoms with Crippen molar-refractivity contribution in [3.8, 4) is 22.5 Å². The Kier molecular flexibility index (Phi) is 9.03. The molecule has 0 spiro atoms. The molecular formula is C34H24Cl6N4. The molecule has 10 heteroatoms. The molecule has 4 aromatic carbocycles. The van der Waals surface area contributed by atoms with E-state index in [2.05, 4.69) is 9.35 Å². The first kappa shape index (κ1) is 31.0. The van der Waals surface area contributed by atoms with Gasteiger partial charge in [0, 0.05) is 34.0 Å². The zero-order valence-corrected chi connectivity index (χ0v) is 28.1. The first-order valence-electron chi connectivity index (χ1n) is 13.7. The van der Waals surface area contributed by atoms with Gasteiger partial charge in [-0.25, -0.2) is 19.3 Å². The monoisotopic (exact) mass is 698 g/mol. The molecule has 0 fully saturated rings. The second kappa shape index (κ2) is 12.8. The van der Waals surface area contributed by atoms with Crippen LogP contribution in [-0.4, -0.2) is 19.3 Å². The fourth-order valence-electron chi connectivity index (χ4n) is 5.34. The van der Waals surface area contributed by atoms with Crippen LogP contribution in [-0.2, 0) is 12.8 Å². The van der Waals surface area contributed by atoms with E-state index in [9.17, 15) is 0 Å². The third kappa shape index (κ3) is 6.12. The molecule has 0 N–H and O–H groups in total. The van der Waals surface area contributed by atoms with Crippen molar-refractivity contribution in [1.82, 2.24) is 19.3 Å². The molecule has 6 rings (SSSR count). The average Bonchev–Trinajstić information content (AvgIpc) is 3.48. The maximum atomic E-state index is 6.68. The third-order valence-electron chi connectivity index (χ3n) is 7.43. The minimum absolute atomic E-state index is 0.421. The number of imidazole rings is 2. The van der Waals surface area contributed by atoms with Crippen molar-refractivity contribution in [3.05, 3.63) is 149 Å². The molecule has 0 radical (unpaired) electrons. The molecule has 0 aliphatic carbocycles. The van der Waals surface area contributed by atoms with Crippen LogP contribution in [0.4, 0.5) is 0 Å². The van der Waals surface area contributed by atoms with Crippen LogP contribution in [0.2, 0.25) is 30.1 Å². The summed E-state index contributed by atoms with van der Waals surface area (Å²) in [4.78, 5) is 10.3. The molecule has 0 aliphatic rings. The van der Waals surface area contributed by atoms with Crippen molar-refractivity contribution in [1.29, 1.82) is 0 Å². The largest absolute Gasteiger partial charge is 0.236 e. The lowest BCUT2D eigenvalue weighted by Gasteiger charge is -2.17. The highest BCUT2D eigenvalue weighted by Crippen LogP contribution is 2.34. The molecule has 6 aromatic rings. The fraction of sp³-hybridized carbons (Fsp3) is 0.118. The Morgan fingerprint density at radius 3 is 1.84 bits per heavy atom. The zero-order valence-electron chi connectivity index (χ0n) is 23.6. The molecule has 0 aliphatic heterocycles. The van der Waals surface area contributed by atoms with Gasteiger partial charge in [0.1, 0.15) is 11.6 Å². The highest BCUT2D eigenvalue weighted by Gasteiger charge is 2.24. The molecule has 0 unspecified atom stereocenters. The van der Waals surface area contributed by atoms with Crippen LogP contribution in [0.3, 0.4) is 0 Å². The maximum absolute atomic E-state index is 6.68. The Morgan fingerprint density at radius 2 is 1.18 bits per heavy atom. The van der Waals surface area contributed by atoms with Gasteiger partial charge >= 0.3 is 0 Å². The minimum Gasteiger partial charge on any atom is -0.236 e. The van der Waals surface area contributed by atoms with E-state index < -0.39 is 0 Å². The van der Waals surface area contributed by atoms with Gasteiger partial charge in [0.2, 0.25) is 0 Å². The molecule has 0 atom stereocenters. The summed E-state index contributed by atoms with van der Waals surface area (Å²) in [6, 6.07) is 26.6. The van der Waals surface area contributed by atoms with Gasteiger partial charge in [-0.1, -0.05) is 112 Å². The summed E-state index contributed by atoms with van der Waals surface area (Å²) in [5.74, 6) is 1.53. The molecule has 4 nitrogen and oxygen atoms in total. The quantitative estimate of drug-likeness (QED) is 0.166. The predicted octanol–water partition coefficient (Wildman–Crippen LogP) is 11.4. The summed E-state index contributed by atoms with van der Waals surface area (Å²) in [5.41, 5.74) is 7.08. The Morgan fingerprint density at radius 1 is 0.545 bits per heavy atom. The van der Waals surface area contributed by atoms with Gasteiger partial charge in [-0.15, -0.1) is 0 Å². The van der Waals surface area contributed by atoms with Gasteiger partial charge < -0.3 is 0 Å². The highest BCUT2D eigenvalue weighted by molar-refractivity contribution is 6.42. The van der Waals surface area contributed by atoms with Crippen molar-refractivity contribution in [2.24, 2.45) is 0 Å². The van der Waals surface area contributed by atoms with Crippen LogP contribution >= 0.6 is 69.6 Å². The lowest BCUT2D eigenvalue weighted by atomic mass is 10.1. The standard InChI is InChI=1S/C34H24Cl6N4/c1-19-33(22-10-12-25(35)13-11-22)42-31(18-23-5-4-8-28(38)32(23)40)44(19)43-20(2)34(24-6-3-7-26(36)17-24)41-30(43)16-21-9-14-27(37)29(39)15-21/h3-15,17H,16,18H2,1-2H3. The Labute approximate surface area is 285 Å². The summed E-state index contributed by atoms with van der Waals surface area (Å²) in [6.45, 7) is 4.08. The van der Waals surface area contributed by atoms with E-state index >= 15 is 0 Å². The van der Waals surface area contributed by atoms with Crippen LogP contribution in [0.15, 0.2) is 84.9 Å². The van der Waals surface area contributed by atoms with Crippen molar-refractivity contribution in [3.63, 3.8) is 0 Å². The summed E-state index contributed by atoms with van der Waals surface area (Å²) in [7, 11) is 0. The summed E-state index contributed by atoms with van der Waals surface area (Å²) in [6.07, 6.45) is 0.897. The second-order valence-electron chi connectivity index (χ2n) is 10.4. The number of hydrogen-bond donors (Lipinski definition) is 0. The third-order valence-corrected chi connectivity index (χ3v) is 9.52. The van der Waals surface area contributed by atoms with Crippen molar-refractivity contribution in [2.45, 2.75) is 26.7 Å². The molecule has 2 heterocycles. The predicted molar refractivity (Wildman–Crippen MR) is 184 cm³/mol. The van der Waals surface area contributed by atoms with Gasteiger partial charge in [0.15, 0.2) is 0 Å². The van der Waals surface area contributed by atoms with E-state index in [-0.39, 0.29) is 0 Å². The molecular weight excluding hydrogens is 677 g/mol. The normalized spacial score (nSPS) is 11.4. The molecule has 44 heavy (non-hydrogen) atoms. The number of halogens is 6. The number of nitrogens with zero attached hydrogens (tertiary/aromatic N) is 4. The van der Waals surface area contributed by atoms with Crippen molar-refractivity contribution >= 4 is 69.6 Å². The van der Waals surface area contributed by atoms with E-state index in [4.69, 9.17) is 79.6 Å². The number of rotatable bonds is 7. The van der Waals surface area contributed by atoms with E-state index in [1.807, 2.05) is 86.6 Å². The maximum Gasteiger partial charge on any atom is 0.133 e. The lowest BCUT2D eigenvalue weighted by molar-refractivity contribution is 0.567. The van der Waals surface area contributed by atoms with Gasteiger partial charge in [-0.2, -0.15) is 0 Å². The Balaban J connectivity index is 1.61. The molecule has 0 bridgehead atoms. The topological polar surface area (TPSA) is 35.6 Å². The average molecular weight is 701 g/mol. The van der Waals surface area contributed by atoms with Crippen LogP contribution in [0.25, 0.3) is 22.5 Å². The van der Waals surface area contributed by atoms with Crippen LogP contribution in [0.5, 0.6) is 0 Å². The van der Waals surface area contributed by atoms with E-state index in [1.54, 1.807) is 12.1 Å². The summed E-state index contributed by atoms with van der Waals surface area (Å²) < 4.78 is 4.21. The van der Waals surface area contributed by atoms with Gasteiger partial charge in [-0.3, -0.25) is 0 Å². The molecule has 0 amide bonds. The first-order chi connectivity index (χ1) is 21.1. The number of hydrogen-bond acceptors (Lipinski definition) is 2. The van der Waals surface area contributed by atoms with Crippen LogP contribution in [0.1, 0.15) is 34.2 Å². The lowest BCUT2D eigenvalue weighted by Crippen LogP contribution is -2.19. The smallest absolute Gasteiger partial charge is 0.133 e. The Hall–Kier alpha value is -2.96. The van der Waals surface area contributed by atoms with E-state index in [0.717, 1.165) is 56.7 Å². The molecule has 222 valence electrons. The summed E-state index contributed by atoms with van der Waals surface area (Å²) >= 11 is 38.4. The van der Waals surface area contributed by atoms with Crippen molar-refractivity contribution in [2.75, 3.05) is 0 Å². The number of aromatic nitrogens is 4. The van der Waals surface area contributed by atoms with Gasteiger partial charge in [0.25, 0.3) is 0 Å². The minimum atomic E-state index is 0.421. The molecule has 2 aromatic heterocycles. The number of benzene rings is 4. The van der Waals surface area contributed by atoms with Crippen LogP contribution < -0.4 is 0 Å². The molecule has 0 saturated carbocycles. The zero-order chi connectivity index (χ0) is 31.1. The Bertz CT molecular complexity index is 2010. The van der Waals surface area contributed by atoms with E-state index in [1.165, 1.54) is 0 Å². The summed E-state index contributed by atoms with van der Waals surface area (Å²) in [5, 5.41) is 3.23. The molecule has 0 saturated heterocycles. The van der Waals surface area contributed by atoms with Gasteiger partial charge in [-0.05, 0) is 67.4 Å². The van der Waals surface area contributed by atoms with Gasteiger partial charge in [0.05, 0.1) is 42.9 Å². The fourth-order valence-corrected chi connectivity index (χ4v) is 6.36. The second-order valence-corrected chi connectivity index (χ2v) is 12.9. The highest BCUT2D eigenvalue weighted by atomic mass is 35.5. The SMILES string of the molecule is Cc1c(-c2cccc(Cl)c2)nc(Cc2ccc(Cl)c(Cl)c2)n1-n1c(Cc2cccc(Cl)c2Cl)nc(-c2ccc(Cl)cc2)c1C.